The number of carbonyl (C=O) groups is 1. The Morgan fingerprint density at radius 3 is 2.42 bits per heavy atom. The summed E-state index contributed by atoms with van der Waals surface area (Å²) >= 11 is 6.54. The van der Waals surface area contributed by atoms with Crippen molar-refractivity contribution in [1.82, 2.24) is 5.32 Å². The molecule has 1 fully saturated rings. The van der Waals surface area contributed by atoms with Crippen LogP contribution in [0.1, 0.15) is 0 Å². The average Bonchev–Trinajstić information content (AvgIpc) is 2.98. The molecule has 1 heterocycles. The van der Waals surface area contributed by atoms with Crippen LogP contribution < -0.4 is 16.8 Å². The van der Waals surface area contributed by atoms with Gasteiger partial charge in [-0.1, -0.05) is 10.2 Å². The van der Waals surface area contributed by atoms with Gasteiger partial charge in [-0.15, -0.1) is 11.6 Å². The molecule has 0 aromatic rings. The fourth-order valence-corrected chi connectivity index (χ4v) is 4.28. The number of Topliss-reactive ketones (excluding diaryl/α,β-unsaturated/α-hetero) is 1. The Morgan fingerprint density at radius 1 is 1.38 bits per heavy atom. The van der Waals surface area contributed by atoms with Crippen molar-refractivity contribution in [3.63, 3.8) is 0 Å². The van der Waals surface area contributed by atoms with Crippen LogP contribution in [-0.2, 0) is 4.79 Å². The van der Waals surface area contributed by atoms with E-state index in [0.29, 0.717) is 0 Å². The van der Waals surface area contributed by atoms with Gasteiger partial charge in [0.2, 0.25) is 0 Å². The fraction of sp³-hybridized carbons (Fsp3) is 0.818. The number of ketones is 1. The number of rotatable bonds is 6. The van der Waals surface area contributed by atoms with Crippen LogP contribution in [0, 0.1) is 17.8 Å². The maximum atomic E-state index is 12.5. The van der Waals surface area contributed by atoms with Gasteiger partial charge < -0.3 is 21.9 Å². The number of guanidine groups is 1. The van der Waals surface area contributed by atoms with E-state index in [2.05, 4.69) is 30.4 Å². The van der Waals surface area contributed by atoms with E-state index in [4.69, 9.17) is 34.1 Å². The monoisotopic (exact) mass is 356 g/mol. The number of hydrogen-bond donors (Lipinski definition) is 4. The van der Waals surface area contributed by atoms with Gasteiger partial charge in [0.25, 0.3) is 0 Å². The number of hydrogen-bond acceptors (Lipinski definition) is 8. The molecule has 130 valence electrons. The lowest BCUT2D eigenvalue weighted by molar-refractivity contribution is -0.126. The Hall–Kier alpha value is -2.23. The lowest BCUT2D eigenvalue weighted by atomic mass is 9.78. The highest BCUT2D eigenvalue weighted by Crippen LogP contribution is 2.51. The van der Waals surface area contributed by atoms with Gasteiger partial charge in [0.15, 0.2) is 18.0 Å². The summed E-state index contributed by atoms with van der Waals surface area (Å²) in [5, 5.41) is 19.4. The summed E-state index contributed by atoms with van der Waals surface area (Å²) in [5.41, 5.74) is 27.0. The number of carbonyl (C=O) groups excluding carboxylic acids is 1. The topological polar surface area (TPSA) is 211 Å². The Morgan fingerprint density at radius 2 is 1.96 bits per heavy atom. The minimum absolute atomic E-state index is 0.0410. The number of aliphatic hydroxyl groups excluding tert-OH is 1. The van der Waals surface area contributed by atoms with Crippen molar-refractivity contribution in [2.45, 2.75) is 17.1 Å². The van der Waals surface area contributed by atoms with Gasteiger partial charge in [0.05, 0.1) is 17.8 Å². The summed E-state index contributed by atoms with van der Waals surface area (Å²) in [6.07, 6.45) is -1.38. The first-order valence-corrected chi connectivity index (χ1v) is 7.55. The number of nitrogens with zero attached hydrogens (tertiary/aromatic N) is 7. The molecule has 0 radical (unpaired) electrons. The number of nitrogens with one attached hydrogen (secondary N) is 1. The average molecular weight is 357 g/mol. The molecule has 0 aromatic heterocycles. The zero-order valence-corrected chi connectivity index (χ0v) is 13.3. The first-order chi connectivity index (χ1) is 11.4. The van der Waals surface area contributed by atoms with Gasteiger partial charge in [-0.25, -0.2) is 4.99 Å². The number of aliphatic imine (C=N–C) groups is 1. The van der Waals surface area contributed by atoms with Crippen molar-refractivity contribution < 1.29 is 9.90 Å². The molecule has 0 bridgehead atoms. The molecular formula is C11H17ClN10O2. The SMILES string of the molecule is [N-]=[N+]=NC[C@@H]1[C@@H](CN=[N+]=[N-])[C@H](C(=O)CN)[C@]2(NC(N)=N[C@H]2O)[C@H]1Cl. The van der Waals surface area contributed by atoms with Crippen LogP contribution in [0.5, 0.6) is 0 Å². The summed E-state index contributed by atoms with van der Waals surface area (Å²) in [5.74, 6) is -2.49. The molecule has 0 saturated heterocycles. The van der Waals surface area contributed by atoms with Crippen LogP contribution in [0.3, 0.4) is 0 Å². The fourth-order valence-electron chi connectivity index (χ4n) is 3.71. The number of nitrogens with two attached hydrogens (primary N) is 2. The van der Waals surface area contributed by atoms with E-state index in [1.807, 2.05) is 0 Å². The van der Waals surface area contributed by atoms with E-state index in [1.165, 1.54) is 0 Å². The summed E-state index contributed by atoms with van der Waals surface area (Å²) < 4.78 is 0. The van der Waals surface area contributed by atoms with E-state index in [0.717, 1.165) is 0 Å². The molecule has 12 nitrogen and oxygen atoms in total. The summed E-state index contributed by atoms with van der Waals surface area (Å²) in [4.78, 5) is 21.7. The van der Waals surface area contributed by atoms with Gasteiger partial charge in [0, 0.05) is 22.9 Å². The third-order valence-electron chi connectivity index (χ3n) is 4.62. The van der Waals surface area contributed by atoms with Gasteiger partial charge >= 0.3 is 0 Å². The quantitative estimate of drug-likeness (QED) is 0.215. The standard InChI is InChI=1S/C11H17ClN10O2/c12-8-5(3-18-22-16)4(2-17-21-15)7(6(23)1-13)11(8)9(24)19-10(14)20-11/h4-5,7-9,24H,1-3,13H2,(H3,14,19,20)/t4-,5-,7-,8+,9+,11+/m1/s1. The van der Waals surface area contributed by atoms with E-state index < -0.39 is 40.7 Å². The van der Waals surface area contributed by atoms with E-state index in [1.54, 1.807) is 0 Å². The molecule has 24 heavy (non-hydrogen) atoms. The van der Waals surface area contributed by atoms with Crippen molar-refractivity contribution in [2.24, 2.45) is 44.4 Å². The number of aliphatic hydroxyl groups is 1. The van der Waals surface area contributed by atoms with Crippen molar-refractivity contribution in [1.29, 1.82) is 0 Å². The highest BCUT2D eigenvalue weighted by Gasteiger charge is 2.66. The third kappa shape index (κ3) is 2.70. The summed E-state index contributed by atoms with van der Waals surface area (Å²) in [6.45, 7) is -0.413. The Bertz CT molecular complexity index is 643. The van der Waals surface area contributed by atoms with Crippen LogP contribution in [0.2, 0.25) is 0 Å². The van der Waals surface area contributed by atoms with Crippen LogP contribution in [-0.4, -0.2) is 53.6 Å². The molecule has 1 aliphatic carbocycles. The molecule has 6 atom stereocenters. The summed E-state index contributed by atoms with van der Waals surface area (Å²) in [7, 11) is 0. The lowest BCUT2D eigenvalue weighted by Crippen LogP contribution is -2.62. The number of alkyl halides is 1. The molecule has 2 rings (SSSR count). The zero-order valence-electron chi connectivity index (χ0n) is 12.5. The van der Waals surface area contributed by atoms with E-state index in [9.17, 15) is 9.90 Å². The molecule has 0 aromatic carbocycles. The van der Waals surface area contributed by atoms with Gasteiger partial charge in [-0.2, -0.15) is 0 Å². The predicted octanol–water partition coefficient (Wildman–Crippen LogP) is -0.420. The Balaban J connectivity index is 2.54. The molecule has 13 heteroatoms. The molecule has 0 unspecified atom stereocenters. The van der Waals surface area contributed by atoms with Crippen molar-refractivity contribution >= 4 is 23.3 Å². The maximum Gasteiger partial charge on any atom is 0.191 e. The normalized spacial score (nSPS) is 37.3. The molecule has 1 spiro atoms. The Kier molecular flexibility index (Phi) is 5.37. The molecule has 1 aliphatic heterocycles. The summed E-state index contributed by atoms with van der Waals surface area (Å²) in [6, 6.07) is 0. The smallest absolute Gasteiger partial charge is 0.191 e. The first kappa shape index (κ1) is 18.1. The van der Waals surface area contributed by atoms with Crippen LogP contribution in [0.15, 0.2) is 15.2 Å². The molecular weight excluding hydrogens is 340 g/mol. The second kappa shape index (κ2) is 7.12. The number of azide groups is 2. The van der Waals surface area contributed by atoms with Crippen LogP contribution in [0.4, 0.5) is 0 Å². The van der Waals surface area contributed by atoms with Crippen LogP contribution >= 0.6 is 11.6 Å². The number of halogens is 1. The third-order valence-corrected chi connectivity index (χ3v) is 5.30. The molecule has 0 amide bonds. The van der Waals surface area contributed by atoms with E-state index in [-0.39, 0.29) is 25.6 Å². The minimum atomic E-state index is -1.40. The van der Waals surface area contributed by atoms with E-state index >= 15 is 0 Å². The second-order valence-electron chi connectivity index (χ2n) is 5.65. The van der Waals surface area contributed by atoms with Crippen molar-refractivity contribution in [3.05, 3.63) is 20.9 Å². The Labute approximate surface area is 141 Å². The molecule has 2 aliphatic rings. The highest BCUT2D eigenvalue weighted by molar-refractivity contribution is 6.23. The molecule has 6 N–H and O–H groups in total. The van der Waals surface area contributed by atoms with Gasteiger partial charge in [0.1, 0.15) is 5.54 Å². The predicted molar refractivity (Wildman–Crippen MR) is 85.7 cm³/mol. The maximum absolute atomic E-state index is 12.5. The van der Waals surface area contributed by atoms with Gasteiger partial charge in [-0.3, -0.25) is 4.79 Å². The van der Waals surface area contributed by atoms with Gasteiger partial charge in [-0.05, 0) is 22.9 Å². The van der Waals surface area contributed by atoms with Crippen molar-refractivity contribution in [2.75, 3.05) is 19.6 Å². The van der Waals surface area contributed by atoms with Crippen molar-refractivity contribution in [3.8, 4) is 0 Å². The zero-order chi connectivity index (χ0) is 17.9. The second-order valence-corrected chi connectivity index (χ2v) is 6.12. The van der Waals surface area contributed by atoms with Crippen LogP contribution in [0.25, 0.3) is 20.9 Å². The first-order valence-electron chi connectivity index (χ1n) is 7.12. The highest BCUT2D eigenvalue weighted by atomic mass is 35.5. The largest absolute Gasteiger partial charge is 0.370 e. The molecule has 1 saturated carbocycles. The minimum Gasteiger partial charge on any atom is -0.370 e. The lowest BCUT2D eigenvalue weighted by Gasteiger charge is -2.36.